The molecule has 0 spiro atoms. The molecule has 3 aromatic rings. The fourth-order valence-electron chi connectivity index (χ4n) is 2.29. The second-order valence-electron chi connectivity index (χ2n) is 5.81. The van der Waals surface area contributed by atoms with E-state index in [-0.39, 0.29) is 5.91 Å². The van der Waals surface area contributed by atoms with Crippen LogP contribution in [0.15, 0.2) is 71.8 Å². The van der Waals surface area contributed by atoms with Gasteiger partial charge in [0.1, 0.15) is 12.4 Å². The number of carbonyl (C=O) groups excluding carboxylic acids is 1. The highest BCUT2D eigenvalue weighted by Gasteiger charge is 2.05. The van der Waals surface area contributed by atoms with Crippen LogP contribution in [0.1, 0.15) is 21.5 Å². The van der Waals surface area contributed by atoms with E-state index in [0.717, 1.165) is 11.1 Å². The molecule has 0 heterocycles. The zero-order chi connectivity index (χ0) is 19.9. The molecule has 4 nitrogen and oxygen atoms in total. The number of ether oxygens (including phenoxy) is 1. The molecular formula is C21H15Cl3N2O2. The van der Waals surface area contributed by atoms with E-state index < -0.39 is 0 Å². The third-order valence-corrected chi connectivity index (χ3v) is 4.55. The van der Waals surface area contributed by atoms with Crippen molar-refractivity contribution in [3.63, 3.8) is 0 Å². The highest BCUT2D eigenvalue weighted by atomic mass is 35.5. The van der Waals surface area contributed by atoms with Crippen molar-refractivity contribution in [1.29, 1.82) is 0 Å². The van der Waals surface area contributed by atoms with Gasteiger partial charge in [-0.15, -0.1) is 0 Å². The lowest BCUT2D eigenvalue weighted by molar-refractivity contribution is 0.0955. The van der Waals surface area contributed by atoms with Crippen LogP contribution in [0.3, 0.4) is 0 Å². The maximum Gasteiger partial charge on any atom is 0.271 e. The molecule has 1 amide bonds. The van der Waals surface area contributed by atoms with Crippen LogP contribution in [-0.2, 0) is 6.61 Å². The molecule has 0 radical (unpaired) electrons. The minimum atomic E-state index is -0.332. The fourth-order valence-corrected chi connectivity index (χ4v) is 2.78. The summed E-state index contributed by atoms with van der Waals surface area (Å²) in [6.07, 6.45) is 1.50. The Morgan fingerprint density at radius 1 is 0.929 bits per heavy atom. The van der Waals surface area contributed by atoms with Crippen LogP contribution < -0.4 is 10.2 Å². The van der Waals surface area contributed by atoms with E-state index in [1.54, 1.807) is 54.6 Å². The zero-order valence-electron chi connectivity index (χ0n) is 14.5. The SMILES string of the molecule is O=C(N/N=C\c1ccc(OCc2ccc(Cl)cc2)c(Cl)c1)c1ccc(Cl)cc1. The zero-order valence-corrected chi connectivity index (χ0v) is 16.8. The third kappa shape index (κ3) is 5.73. The number of halogens is 3. The summed E-state index contributed by atoms with van der Waals surface area (Å²) in [5.74, 6) is 0.223. The molecule has 1 N–H and O–H groups in total. The topological polar surface area (TPSA) is 50.7 Å². The molecule has 0 aliphatic rings. The minimum Gasteiger partial charge on any atom is -0.487 e. The van der Waals surface area contributed by atoms with E-state index in [0.29, 0.717) is 33.0 Å². The first-order valence-electron chi connectivity index (χ1n) is 8.27. The molecule has 0 aromatic heterocycles. The van der Waals surface area contributed by atoms with Crippen molar-refractivity contribution in [1.82, 2.24) is 5.43 Å². The second-order valence-corrected chi connectivity index (χ2v) is 7.09. The van der Waals surface area contributed by atoms with Gasteiger partial charge in [0.25, 0.3) is 5.91 Å². The Kier molecular flexibility index (Phi) is 6.93. The largest absolute Gasteiger partial charge is 0.487 e. The molecule has 0 aliphatic carbocycles. The number of benzene rings is 3. The van der Waals surface area contributed by atoms with Crippen LogP contribution in [0.4, 0.5) is 0 Å². The van der Waals surface area contributed by atoms with Gasteiger partial charge in [-0.1, -0.05) is 46.9 Å². The molecule has 7 heteroatoms. The van der Waals surface area contributed by atoms with Crippen LogP contribution >= 0.6 is 34.8 Å². The molecule has 0 bridgehead atoms. The van der Waals surface area contributed by atoms with Crippen molar-refractivity contribution in [3.8, 4) is 5.75 Å². The summed E-state index contributed by atoms with van der Waals surface area (Å²) in [7, 11) is 0. The van der Waals surface area contributed by atoms with Crippen LogP contribution in [0.2, 0.25) is 15.1 Å². The van der Waals surface area contributed by atoms with Crippen LogP contribution in [0.25, 0.3) is 0 Å². The quantitative estimate of drug-likeness (QED) is 0.383. The number of nitrogens with one attached hydrogen (secondary N) is 1. The van der Waals surface area contributed by atoms with Gasteiger partial charge in [0.2, 0.25) is 0 Å². The Morgan fingerprint density at radius 3 is 2.21 bits per heavy atom. The molecule has 0 saturated heterocycles. The molecule has 0 aliphatic heterocycles. The third-order valence-electron chi connectivity index (χ3n) is 3.75. The highest BCUT2D eigenvalue weighted by molar-refractivity contribution is 6.32. The summed E-state index contributed by atoms with van der Waals surface area (Å²) < 4.78 is 5.73. The summed E-state index contributed by atoms with van der Waals surface area (Å²) in [5, 5.41) is 5.63. The Bertz CT molecular complexity index is 988. The Hall–Kier alpha value is -2.53. The second kappa shape index (κ2) is 9.60. The number of hydrogen-bond acceptors (Lipinski definition) is 3. The van der Waals surface area contributed by atoms with Gasteiger partial charge >= 0.3 is 0 Å². The van der Waals surface area contributed by atoms with E-state index in [4.69, 9.17) is 39.5 Å². The average molecular weight is 434 g/mol. The average Bonchev–Trinajstić information content (AvgIpc) is 2.69. The number of nitrogens with zero attached hydrogens (tertiary/aromatic N) is 1. The first kappa shape index (κ1) is 20.2. The molecule has 0 saturated carbocycles. The molecule has 3 rings (SSSR count). The summed E-state index contributed by atoms with van der Waals surface area (Å²) in [5.41, 5.74) is 4.62. The van der Waals surface area contributed by atoms with Gasteiger partial charge in [-0.3, -0.25) is 4.79 Å². The molecule has 142 valence electrons. The number of carbonyl (C=O) groups is 1. The Balaban J connectivity index is 1.57. The molecule has 0 atom stereocenters. The lowest BCUT2D eigenvalue weighted by Crippen LogP contribution is -2.17. The number of amides is 1. The molecule has 0 unspecified atom stereocenters. The number of hydrogen-bond donors (Lipinski definition) is 1. The molecule has 3 aromatic carbocycles. The molecular weight excluding hydrogens is 419 g/mol. The van der Waals surface area contributed by atoms with Crippen LogP contribution in [0, 0.1) is 0 Å². The van der Waals surface area contributed by atoms with Crippen molar-refractivity contribution >= 4 is 46.9 Å². The van der Waals surface area contributed by atoms with Gasteiger partial charge in [0.05, 0.1) is 11.2 Å². The number of hydrazone groups is 1. The van der Waals surface area contributed by atoms with Crippen LogP contribution in [-0.4, -0.2) is 12.1 Å². The van der Waals surface area contributed by atoms with Gasteiger partial charge in [0.15, 0.2) is 0 Å². The van der Waals surface area contributed by atoms with E-state index in [9.17, 15) is 4.79 Å². The lowest BCUT2D eigenvalue weighted by Gasteiger charge is -2.09. The van der Waals surface area contributed by atoms with Crippen LogP contribution in [0.5, 0.6) is 5.75 Å². The fraction of sp³-hybridized carbons (Fsp3) is 0.0476. The van der Waals surface area contributed by atoms with E-state index >= 15 is 0 Å². The van der Waals surface area contributed by atoms with Gasteiger partial charge in [0, 0.05) is 15.6 Å². The van der Waals surface area contributed by atoms with E-state index in [2.05, 4.69) is 10.5 Å². The normalized spacial score (nSPS) is 10.8. The highest BCUT2D eigenvalue weighted by Crippen LogP contribution is 2.26. The first-order chi connectivity index (χ1) is 13.5. The maximum absolute atomic E-state index is 12.0. The Morgan fingerprint density at radius 2 is 1.57 bits per heavy atom. The van der Waals surface area contributed by atoms with Crippen molar-refractivity contribution in [2.75, 3.05) is 0 Å². The molecule has 0 fully saturated rings. The predicted molar refractivity (Wildman–Crippen MR) is 114 cm³/mol. The Labute approximate surface area is 177 Å². The summed E-state index contributed by atoms with van der Waals surface area (Å²) in [4.78, 5) is 12.0. The predicted octanol–water partition coefficient (Wildman–Crippen LogP) is 5.99. The van der Waals surface area contributed by atoms with Crippen molar-refractivity contribution in [2.24, 2.45) is 5.10 Å². The lowest BCUT2D eigenvalue weighted by atomic mass is 10.2. The minimum absolute atomic E-state index is 0.332. The summed E-state index contributed by atoms with van der Waals surface area (Å²) in [6, 6.07) is 19.2. The number of rotatable bonds is 6. The smallest absolute Gasteiger partial charge is 0.271 e. The first-order valence-corrected chi connectivity index (χ1v) is 9.40. The monoisotopic (exact) mass is 432 g/mol. The van der Waals surface area contributed by atoms with Crippen molar-refractivity contribution < 1.29 is 9.53 Å². The van der Waals surface area contributed by atoms with Gasteiger partial charge in [-0.2, -0.15) is 5.10 Å². The van der Waals surface area contributed by atoms with E-state index in [1.807, 2.05) is 12.1 Å². The van der Waals surface area contributed by atoms with Gasteiger partial charge in [-0.25, -0.2) is 5.43 Å². The maximum atomic E-state index is 12.0. The van der Waals surface area contributed by atoms with Crippen molar-refractivity contribution in [2.45, 2.75) is 6.61 Å². The summed E-state index contributed by atoms with van der Waals surface area (Å²) in [6.45, 7) is 0.376. The van der Waals surface area contributed by atoms with Crippen molar-refractivity contribution in [3.05, 3.63) is 98.5 Å². The summed E-state index contributed by atoms with van der Waals surface area (Å²) >= 11 is 17.9. The van der Waals surface area contributed by atoms with E-state index in [1.165, 1.54) is 6.21 Å². The van der Waals surface area contributed by atoms with Gasteiger partial charge in [-0.05, 0) is 65.7 Å². The van der Waals surface area contributed by atoms with Gasteiger partial charge < -0.3 is 4.74 Å². The standard InChI is InChI=1S/C21H15Cl3N2O2/c22-17-6-1-14(2-7-17)13-28-20-10-3-15(11-19(20)24)12-25-26-21(27)16-4-8-18(23)9-5-16/h1-12H,13H2,(H,26,27)/b25-12-. The molecule has 28 heavy (non-hydrogen) atoms.